The van der Waals surface area contributed by atoms with E-state index in [2.05, 4.69) is 5.10 Å². The van der Waals surface area contributed by atoms with Crippen molar-refractivity contribution in [3.05, 3.63) is 71.0 Å². The Morgan fingerprint density at radius 1 is 1.16 bits per heavy atom. The molecule has 0 unspecified atom stereocenters. The lowest BCUT2D eigenvalue weighted by Gasteiger charge is -2.26. The number of hydrogen-bond donors (Lipinski definition) is 1. The zero-order valence-electron chi connectivity index (χ0n) is 18.0. The Balaban J connectivity index is 1.46. The number of aryl methyl sites for hydroxylation is 1. The Bertz CT molecular complexity index is 1100. The molecule has 2 heterocycles. The Morgan fingerprint density at radius 2 is 1.88 bits per heavy atom. The summed E-state index contributed by atoms with van der Waals surface area (Å²) in [6, 6.07) is 11.3. The van der Waals surface area contributed by atoms with E-state index in [-0.39, 0.29) is 24.5 Å². The van der Waals surface area contributed by atoms with Crippen molar-refractivity contribution in [1.29, 1.82) is 0 Å². The number of pyridine rings is 1. The molecule has 0 saturated heterocycles. The summed E-state index contributed by atoms with van der Waals surface area (Å²) in [5.41, 5.74) is 0.976. The van der Waals surface area contributed by atoms with Crippen LogP contribution in [0.1, 0.15) is 73.8 Å². The molecule has 3 aromatic rings. The van der Waals surface area contributed by atoms with Crippen LogP contribution in [0.25, 0.3) is 5.52 Å². The van der Waals surface area contributed by atoms with E-state index in [1.807, 2.05) is 18.2 Å². The third-order valence-electron chi connectivity index (χ3n) is 6.40. The molecule has 32 heavy (non-hydrogen) atoms. The van der Waals surface area contributed by atoms with Crippen molar-refractivity contribution < 1.29 is 23.1 Å². The van der Waals surface area contributed by atoms with Crippen molar-refractivity contribution >= 4 is 11.3 Å². The number of nitrogens with zero attached hydrogens (tertiary/aromatic N) is 2. The number of hydrogen-bond acceptors (Lipinski definition) is 3. The molecular formula is C25H27F3N2O2. The number of aliphatic hydroxyl groups is 1. The van der Waals surface area contributed by atoms with Gasteiger partial charge in [-0.15, -0.1) is 0 Å². The van der Waals surface area contributed by atoms with E-state index in [1.165, 1.54) is 16.8 Å². The highest BCUT2D eigenvalue weighted by Gasteiger charge is 2.33. The van der Waals surface area contributed by atoms with Crippen LogP contribution in [0.2, 0.25) is 0 Å². The predicted molar refractivity (Wildman–Crippen MR) is 115 cm³/mol. The summed E-state index contributed by atoms with van der Waals surface area (Å²) in [6.45, 7) is 1.63. The summed E-state index contributed by atoms with van der Waals surface area (Å²) < 4.78 is 41.2. The molecule has 1 saturated carbocycles. The van der Waals surface area contributed by atoms with Crippen LogP contribution in [-0.4, -0.2) is 20.5 Å². The van der Waals surface area contributed by atoms with E-state index >= 15 is 0 Å². The number of alkyl halides is 3. The van der Waals surface area contributed by atoms with Crippen molar-refractivity contribution in [2.75, 3.05) is 0 Å². The van der Waals surface area contributed by atoms with Crippen molar-refractivity contribution in [1.82, 2.24) is 9.61 Å². The molecule has 4 nitrogen and oxygen atoms in total. The van der Waals surface area contributed by atoms with Gasteiger partial charge in [-0.1, -0.05) is 36.8 Å². The van der Waals surface area contributed by atoms with E-state index in [9.17, 15) is 23.1 Å². The molecule has 0 aliphatic heterocycles. The minimum atomic E-state index is -4.40. The third-order valence-corrected chi connectivity index (χ3v) is 6.40. The van der Waals surface area contributed by atoms with E-state index in [0.29, 0.717) is 23.9 Å². The number of rotatable bonds is 8. The first kappa shape index (κ1) is 22.5. The lowest BCUT2D eigenvalue weighted by atomic mass is 9.78. The molecule has 1 fully saturated rings. The molecule has 1 N–H and O–H groups in total. The number of carbonyl (C=O) groups excluding carboxylic acids is 1. The quantitative estimate of drug-likeness (QED) is 0.477. The first-order chi connectivity index (χ1) is 15.1. The van der Waals surface area contributed by atoms with Gasteiger partial charge >= 0.3 is 6.18 Å². The lowest BCUT2D eigenvalue weighted by molar-refractivity contribution is -0.137. The van der Waals surface area contributed by atoms with Gasteiger partial charge in [-0.05, 0) is 56.2 Å². The van der Waals surface area contributed by atoms with Crippen LogP contribution in [0.5, 0.6) is 0 Å². The minimum absolute atomic E-state index is 0.0204. The van der Waals surface area contributed by atoms with Crippen LogP contribution in [0.4, 0.5) is 13.2 Å². The average Bonchev–Trinajstić information content (AvgIpc) is 3.04. The molecular weight excluding hydrogens is 417 g/mol. The van der Waals surface area contributed by atoms with E-state index in [1.54, 1.807) is 19.1 Å². The largest absolute Gasteiger partial charge is 0.416 e. The molecule has 1 aromatic carbocycles. The summed E-state index contributed by atoms with van der Waals surface area (Å²) >= 11 is 0. The van der Waals surface area contributed by atoms with Crippen molar-refractivity contribution in [2.45, 2.75) is 69.6 Å². The number of benzene rings is 1. The maximum absolute atomic E-state index is 13.2. The van der Waals surface area contributed by atoms with E-state index < -0.39 is 17.3 Å². The summed E-state index contributed by atoms with van der Waals surface area (Å²) in [4.78, 5) is 12.5. The van der Waals surface area contributed by atoms with E-state index in [0.717, 1.165) is 36.6 Å². The maximum Gasteiger partial charge on any atom is 0.416 e. The summed E-state index contributed by atoms with van der Waals surface area (Å²) in [5.74, 6) is 0.174. The second kappa shape index (κ2) is 8.70. The Morgan fingerprint density at radius 3 is 2.50 bits per heavy atom. The normalized spacial score (nSPS) is 16.7. The zero-order valence-corrected chi connectivity index (χ0v) is 18.0. The minimum Gasteiger partial charge on any atom is -0.385 e. The van der Waals surface area contributed by atoms with Gasteiger partial charge in [0, 0.05) is 24.6 Å². The fourth-order valence-corrected chi connectivity index (χ4v) is 4.44. The summed E-state index contributed by atoms with van der Waals surface area (Å²) in [5, 5.41) is 15.2. The fraction of sp³-hybridized carbons (Fsp3) is 0.440. The highest BCUT2D eigenvalue weighted by Crippen LogP contribution is 2.41. The molecule has 1 aliphatic rings. The van der Waals surface area contributed by atoms with Crippen LogP contribution in [0.15, 0.2) is 48.7 Å². The van der Waals surface area contributed by atoms with Gasteiger partial charge in [-0.3, -0.25) is 4.79 Å². The molecule has 0 spiro atoms. The first-order valence-electron chi connectivity index (χ1n) is 11.0. The highest BCUT2D eigenvalue weighted by atomic mass is 19.4. The van der Waals surface area contributed by atoms with Gasteiger partial charge in [0.2, 0.25) is 0 Å². The number of halogens is 3. The van der Waals surface area contributed by atoms with Crippen molar-refractivity contribution in [3.63, 3.8) is 0 Å². The monoisotopic (exact) mass is 444 g/mol. The van der Waals surface area contributed by atoms with Crippen molar-refractivity contribution in [3.8, 4) is 0 Å². The van der Waals surface area contributed by atoms with Gasteiger partial charge in [-0.25, -0.2) is 4.52 Å². The van der Waals surface area contributed by atoms with Gasteiger partial charge in [0.05, 0.1) is 22.4 Å². The van der Waals surface area contributed by atoms with Crippen LogP contribution in [-0.2, 0) is 23.0 Å². The number of ketones is 1. The molecule has 7 heteroatoms. The van der Waals surface area contributed by atoms with Crippen LogP contribution in [0.3, 0.4) is 0 Å². The molecule has 0 amide bonds. The van der Waals surface area contributed by atoms with Gasteiger partial charge in [0.15, 0.2) is 0 Å². The summed E-state index contributed by atoms with van der Waals surface area (Å²) in [6.07, 6.45) is 1.30. The Kier molecular flexibility index (Phi) is 6.12. The van der Waals surface area contributed by atoms with Crippen LogP contribution >= 0.6 is 0 Å². The standard InChI is InChI=1S/C25H27F3N2O2/c1-24(32,18-9-3-2-4-10-18)16-20(31)11-6-12-21-23(17-7-5-8-17)22-15-19(25(26,27)28)13-14-30(22)29-21/h2-4,9-10,13-15,17,32H,5-8,11-12,16H2,1H3/t24-/m0/s1. The number of fused-ring (bicyclic) bond motifs is 1. The zero-order chi connectivity index (χ0) is 22.9. The highest BCUT2D eigenvalue weighted by molar-refractivity contribution is 5.79. The fourth-order valence-electron chi connectivity index (χ4n) is 4.44. The topological polar surface area (TPSA) is 54.6 Å². The molecule has 2 aromatic heterocycles. The average molecular weight is 444 g/mol. The summed E-state index contributed by atoms with van der Waals surface area (Å²) in [7, 11) is 0. The van der Waals surface area contributed by atoms with Gasteiger partial charge in [0.1, 0.15) is 5.78 Å². The van der Waals surface area contributed by atoms with Crippen LogP contribution in [0, 0.1) is 0 Å². The van der Waals surface area contributed by atoms with Gasteiger partial charge in [-0.2, -0.15) is 18.3 Å². The van der Waals surface area contributed by atoms with Gasteiger partial charge in [0.25, 0.3) is 0 Å². The number of carbonyl (C=O) groups is 1. The molecule has 1 aliphatic carbocycles. The number of Topliss-reactive ketones (excluding diaryl/α,β-unsaturated/α-hetero) is 1. The van der Waals surface area contributed by atoms with Crippen molar-refractivity contribution in [2.24, 2.45) is 0 Å². The molecule has 0 radical (unpaired) electrons. The first-order valence-corrected chi connectivity index (χ1v) is 11.0. The third kappa shape index (κ3) is 4.72. The van der Waals surface area contributed by atoms with Gasteiger partial charge < -0.3 is 5.11 Å². The molecule has 0 bridgehead atoms. The molecule has 1 atom stereocenters. The number of aromatic nitrogens is 2. The Labute approximate surface area is 185 Å². The second-order valence-corrected chi connectivity index (χ2v) is 8.94. The lowest BCUT2D eigenvalue weighted by Crippen LogP contribution is -2.25. The maximum atomic E-state index is 13.2. The smallest absolute Gasteiger partial charge is 0.385 e. The van der Waals surface area contributed by atoms with E-state index in [4.69, 9.17) is 0 Å². The molecule has 4 rings (SSSR count). The predicted octanol–water partition coefficient (Wildman–Crippen LogP) is 5.81. The van der Waals surface area contributed by atoms with Crippen LogP contribution < -0.4 is 0 Å². The molecule has 170 valence electrons. The Hall–Kier alpha value is -2.67. The SMILES string of the molecule is C[C@](O)(CC(=O)CCCc1nn2ccc(C(F)(F)F)cc2c1C1CCC1)c1ccccc1. The second-order valence-electron chi connectivity index (χ2n) is 8.94.